The molecule has 84 valence electrons. The quantitative estimate of drug-likeness (QED) is 0.786. The van der Waals surface area contributed by atoms with Gasteiger partial charge in [-0.05, 0) is 24.4 Å². The van der Waals surface area contributed by atoms with E-state index in [9.17, 15) is 4.79 Å². The topological polar surface area (TPSA) is 75.7 Å². The van der Waals surface area contributed by atoms with Crippen molar-refractivity contribution in [3.8, 4) is 0 Å². The highest BCUT2D eigenvalue weighted by molar-refractivity contribution is 7.11. The van der Waals surface area contributed by atoms with Crippen LogP contribution in [0.3, 0.4) is 0 Å². The third kappa shape index (κ3) is 3.36. The molecule has 0 aliphatic rings. The Hall–Kier alpha value is -1.88. The molecule has 0 unspecified atom stereocenters. The van der Waals surface area contributed by atoms with E-state index in [0.717, 1.165) is 4.88 Å². The van der Waals surface area contributed by atoms with Crippen LogP contribution in [0.15, 0.2) is 40.9 Å². The van der Waals surface area contributed by atoms with Crippen LogP contribution >= 0.6 is 11.3 Å². The normalized spacial score (nSPS) is 12.6. The number of thiophene rings is 1. The Morgan fingerprint density at radius 3 is 2.81 bits per heavy atom. The molecule has 4 nitrogen and oxygen atoms in total. The molecule has 0 bridgehead atoms. The van der Waals surface area contributed by atoms with Crippen molar-refractivity contribution in [2.75, 3.05) is 0 Å². The predicted octanol–water partition coefficient (Wildman–Crippen LogP) is 2.11. The Kier molecular flexibility index (Phi) is 4.02. The van der Waals surface area contributed by atoms with E-state index in [1.807, 2.05) is 17.5 Å². The highest BCUT2D eigenvalue weighted by Crippen LogP contribution is 2.19. The van der Waals surface area contributed by atoms with Crippen molar-refractivity contribution in [3.63, 3.8) is 0 Å². The van der Waals surface area contributed by atoms with E-state index in [4.69, 9.17) is 10.8 Å². The molecule has 1 aromatic heterocycles. The van der Waals surface area contributed by atoms with Gasteiger partial charge in [0, 0.05) is 5.70 Å². The van der Waals surface area contributed by atoms with Gasteiger partial charge in [-0.1, -0.05) is 12.6 Å². The van der Waals surface area contributed by atoms with Crippen molar-refractivity contribution in [3.05, 3.63) is 40.7 Å². The lowest BCUT2D eigenvalue weighted by atomic mass is 10.3. The molecule has 0 saturated heterocycles. The van der Waals surface area contributed by atoms with E-state index in [1.165, 1.54) is 17.4 Å². The third-order valence-corrected chi connectivity index (χ3v) is 2.56. The number of hydrogen-bond donors (Lipinski definition) is 2. The van der Waals surface area contributed by atoms with E-state index < -0.39 is 5.97 Å². The average molecular weight is 236 g/mol. The van der Waals surface area contributed by atoms with Crippen molar-refractivity contribution < 1.29 is 9.90 Å². The fourth-order valence-electron chi connectivity index (χ4n) is 1.00. The Morgan fingerprint density at radius 2 is 2.38 bits per heavy atom. The SMILES string of the molecule is C=C(N=C(/C=C(/C)N)C(=O)O)c1cccs1. The van der Waals surface area contributed by atoms with Crippen LogP contribution in [-0.4, -0.2) is 16.8 Å². The summed E-state index contributed by atoms with van der Waals surface area (Å²) in [5.41, 5.74) is 6.11. The van der Waals surface area contributed by atoms with E-state index in [1.54, 1.807) is 6.92 Å². The molecule has 0 aromatic carbocycles. The molecule has 1 heterocycles. The van der Waals surface area contributed by atoms with Crippen LogP contribution < -0.4 is 5.73 Å². The Balaban J connectivity index is 3.00. The summed E-state index contributed by atoms with van der Waals surface area (Å²) in [7, 11) is 0. The smallest absolute Gasteiger partial charge is 0.354 e. The molecular weight excluding hydrogens is 224 g/mol. The number of rotatable bonds is 4. The second-order valence-corrected chi connectivity index (χ2v) is 4.06. The molecule has 0 aliphatic heterocycles. The van der Waals surface area contributed by atoms with Crippen molar-refractivity contribution in [2.45, 2.75) is 6.92 Å². The predicted molar refractivity (Wildman–Crippen MR) is 66.4 cm³/mol. The zero-order valence-corrected chi connectivity index (χ0v) is 9.62. The summed E-state index contributed by atoms with van der Waals surface area (Å²) in [5, 5.41) is 10.8. The van der Waals surface area contributed by atoms with Crippen LogP contribution in [0.4, 0.5) is 0 Å². The van der Waals surface area contributed by atoms with Gasteiger partial charge in [-0.15, -0.1) is 11.3 Å². The molecular formula is C11H12N2O2S. The molecule has 0 fully saturated rings. The lowest BCUT2D eigenvalue weighted by molar-refractivity contribution is -0.129. The van der Waals surface area contributed by atoms with Gasteiger partial charge in [0.25, 0.3) is 0 Å². The number of aliphatic imine (C=N–C) groups is 1. The minimum absolute atomic E-state index is 0.113. The van der Waals surface area contributed by atoms with Gasteiger partial charge in [0.05, 0.1) is 10.6 Å². The number of hydrogen-bond acceptors (Lipinski definition) is 4. The van der Waals surface area contributed by atoms with E-state index in [2.05, 4.69) is 11.6 Å². The highest BCUT2D eigenvalue weighted by atomic mass is 32.1. The molecule has 0 radical (unpaired) electrons. The number of nitrogens with two attached hydrogens (primary N) is 1. The largest absolute Gasteiger partial charge is 0.477 e. The average Bonchev–Trinajstić information content (AvgIpc) is 2.68. The first-order valence-corrected chi connectivity index (χ1v) is 5.37. The van der Waals surface area contributed by atoms with Crippen LogP contribution in [0.2, 0.25) is 0 Å². The van der Waals surface area contributed by atoms with Gasteiger partial charge in [-0.2, -0.15) is 0 Å². The Morgan fingerprint density at radius 1 is 1.69 bits per heavy atom. The molecule has 0 saturated carbocycles. The number of nitrogens with zero attached hydrogens (tertiary/aromatic N) is 1. The van der Waals surface area contributed by atoms with Gasteiger partial charge in [0.1, 0.15) is 0 Å². The minimum Gasteiger partial charge on any atom is -0.477 e. The van der Waals surface area contributed by atoms with Gasteiger partial charge >= 0.3 is 5.97 Å². The van der Waals surface area contributed by atoms with Crippen molar-refractivity contribution >= 4 is 28.7 Å². The number of carboxylic acids is 1. The standard InChI is InChI=1S/C11H12N2O2S/c1-7(12)6-9(11(14)15)13-8(2)10-4-3-5-16-10/h3-6H,2,12H2,1H3,(H,14,15)/b7-6-,13-9?. The number of carboxylic acid groups (broad SMARTS) is 1. The summed E-state index contributed by atoms with van der Waals surface area (Å²) in [6.07, 6.45) is 1.31. The van der Waals surface area contributed by atoms with Crippen LogP contribution in [-0.2, 0) is 4.79 Å². The molecule has 1 rings (SSSR count). The Labute approximate surface area is 97.4 Å². The summed E-state index contributed by atoms with van der Waals surface area (Å²) >= 11 is 1.45. The van der Waals surface area contributed by atoms with Crippen LogP contribution in [0.1, 0.15) is 11.8 Å². The maximum atomic E-state index is 10.9. The first kappa shape index (κ1) is 12.2. The van der Waals surface area contributed by atoms with Gasteiger partial charge in [-0.3, -0.25) is 0 Å². The second-order valence-electron chi connectivity index (χ2n) is 3.11. The van der Waals surface area contributed by atoms with E-state index >= 15 is 0 Å². The zero-order valence-electron chi connectivity index (χ0n) is 8.80. The molecule has 0 amide bonds. The first-order chi connectivity index (χ1) is 7.50. The molecule has 0 aliphatic carbocycles. The summed E-state index contributed by atoms with van der Waals surface area (Å²) < 4.78 is 0. The van der Waals surface area contributed by atoms with Crippen LogP contribution in [0, 0.1) is 0 Å². The van der Waals surface area contributed by atoms with Gasteiger partial charge < -0.3 is 10.8 Å². The summed E-state index contributed by atoms with van der Waals surface area (Å²) in [4.78, 5) is 15.6. The molecule has 5 heteroatoms. The lowest BCUT2D eigenvalue weighted by Gasteiger charge is -1.98. The summed E-state index contributed by atoms with van der Waals surface area (Å²) in [6.45, 7) is 5.32. The minimum atomic E-state index is -1.12. The molecule has 3 N–H and O–H groups in total. The molecule has 16 heavy (non-hydrogen) atoms. The maximum absolute atomic E-state index is 10.9. The Bertz CT molecular complexity index is 454. The van der Waals surface area contributed by atoms with Crippen molar-refractivity contribution in [2.24, 2.45) is 10.7 Å². The monoisotopic (exact) mass is 236 g/mol. The highest BCUT2D eigenvalue weighted by Gasteiger charge is 2.08. The van der Waals surface area contributed by atoms with Gasteiger partial charge in [-0.25, -0.2) is 9.79 Å². The van der Waals surface area contributed by atoms with Crippen LogP contribution in [0.25, 0.3) is 5.70 Å². The zero-order chi connectivity index (χ0) is 12.1. The second kappa shape index (κ2) is 5.27. The maximum Gasteiger partial charge on any atom is 0.354 e. The first-order valence-electron chi connectivity index (χ1n) is 4.49. The number of aliphatic carboxylic acids is 1. The van der Waals surface area contributed by atoms with E-state index in [-0.39, 0.29) is 5.71 Å². The molecule has 1 aromatic rings. The van der Waals surface area contributed by atoms with Crippen LogP contribution in [0.5, 0.6) is 0 Å². The van der Waals surface area contributed by atoms with Crippen molar-refractivity contribution in [1.29, 1.82) is 0 Å². The molecule has 0 spiro atoms. The van der Waals surface area contributed by atoms with Gasteiger partial charge in [0.15, 0.2) is 5.71 Å². The number of allylic oxidation sites excluding steroid dienone is 1. The third-order valence-electron chi connectivity index (χ3n) is 1.64. The van der Waals surface area contributed by atoms with Gasteiger partial charge in [0.2, 0.25) is 0 Å². The summed E-state index contributed by atoms with van der Waals surface area (Å²) in [6, 6.07) is 3.68. The van der Waals surface area contributed by atoms with E-state index in [0.29, 0.717) is 11.4 Å². The van der Waals surface area contributed by atoms with Crippen molar-refractivity contribution in [1.82, 2.24) is 0 Å². The fourth-order valence-corrected chi connectivity index (χ4v) is 1.64. The molecule has 0 atom stereocenters. The summed E-state index contributed by atoms with van der Waals surface area (Å²) in [5.74, 6) is -1.12. The fraction of sp³-hybridized carbons (Fsp3) is 0.0909. The lowest BCUT2D eigenvalue weighted by Crippen LogP contribution is -2.12. The number of carbonyl (C=O) groups is 1.